The van der Waals surface area contributed by atoms with Gasteiger partial charge in [-0.05, 0) is 19.3 Å². The van der Waals surface area contributed by atoms with Gasteiger partial charge in [0.2, 0.25) is 5.91 Å². The number of amides is 1. The number of carbonyl (C=O) groups excluding carboxylic acids is 1. The van der Waals surface area contributed by atoms with E-state index in [4.69, 9.17) is 5.73 Å². The molecule has 0 aromatic heterocycles. The molecule has 1 atom stereocenters. The van der Waals surface area contributed by atoms with E-state index in [1.165, 1.54) is 5.56 Å². The third kappa shape index (κ3) is 4.88. The SMILES string of the molecule is CC(C)CN1CCC(N)C1=O.Cc1ccccc1. The van der Waals surface area contributed by atoms with Gasteiger partial charge in [-0.3, -0.25) is 4.79 Å². The van der Waals surface area contributed by atoms with Crippen LogP contribution in [0.2, 0.25) is 0 Å². The van der Waals surface area contributed by atoms with E-state index in [2.05, 4.69) is 32.9 Å². The molecule has 100 valence electrons. The van der Waals surface area contributed by atoms with Crippen LogP contribution in [0.3, 0.4) is 0 Å². The van der Waals surface area contributed by atoms with Crippen LogP contribution in [0, 0.1) is 12.8 Å². The third-order valence-corrected chi connectivity index (χ3v) is 2.86. The third-order valence-electron chi connectivity index (χ3n) is 2.86. The van der Waals surface area contributed by atoms with Gasteiger partial charge < -0.3 is 10.6 Å². The molecule has 2 rings (SSSR count). The molecule has 1 saturated heterocycles. The number of likely N-dealkylation sites (tertiary alicyclic amines) is 1. The summed E-state index contributed by atoms with van der Waals surface area (Å²) in [4.78, 5) is 13.1. The fourth-order valence-corrected chi connectivity index (χ4v) is 1.92. The first kappa shape index (κ1) is 14.7. The average Bonchev–Trinajstić information content (AvgIpc) is 2.62. The van der Waals surface area contributed by atoms with Crippen molar-refractivity contribution in [3.63, 3.8) is 0 Å². The molecule has 2 N–H and O–H groups in total. The number of benzene rings is 1. The van der Waals surface area contributed by atoms with Gasteiger partial charge >= 0.3 is 0 Å². The minimum absolute atomic E-state index is 0.124. The van der Waals surface area contributed by atoms with Crippen LogP contribution in [0.15, 0.2) is 30.3 Å². The summed E-state index contributed by atoms with van der Waals surface area (Å²) in [7, 11) is 0. The van der Waals surface area contributed by atoms with E-state index in [1.807, 2.05) is 23.1 Å². The van der Waals surface area contributed by atoms with Gasteiger partial charge in [-0.15, -0.1) is 0 Å². The van der Waals surface area contributed by atoms with E-state index in [-0.39, 0.29) is 11.9 Å². The van der Waals surface area contributed by atoms with Crippen molar-refractivity contribution >= 4 is 5.91 Å². The van der Waals surface area contributed by atoms with Crippen molar-refractivity contribution in [2.24, 2.45) is 11.7 Å². The van der Waals surface area contributed by atoms with Crippen LogP contribution in [0.25, 0.3) is 0 Å². The predicted octanol–water partition coefficient (Wildman–Crippen LogP) is 2.20. The molecule has 1 aromatic carbocycles. The molecule has 1 unspecified atom stereocenters. The minimum atomic E-state index is -0.228. The van der Waals surface area contributed by atoms with Crippen LogP contribution in [-0.4, -0.2) is 29.9 Å². The Bertz CT molecular complexity index is 362. The van der Waals surface area contributed by atoms with Crippen molar-refractivity contribution in [2.75, 3.05) is 13.1 Å². The molecule has 0 radical (unpaired) electrons. The molecular weight excluding hydrogens is 224 g/mol. The van der Waals surface area contributed by atoms with Crippen molar-refractivity contribution < 1.29 is 4.79 Å². The van der Waals surface area contributed by atoms with Gasteiger partial charge in [-0.25, -0.2) is 0 Å². The lowest BCUT2D eigenvalue weighted by atomic mass is 10.2. The van der Waals surface area contributed by atoms with Gasteiger partial charge in [0.1, 0.15) is 0 Å². The Morgan fingerprint density at radius 3 is 2.28 bits per heavy atom. The molecule has 1 aromatic rings. The second-order valence-electron chi connectivity index (χ2n) is 5.23. The van der Waals surface area contributed by atoms with E-state index >= 15 is 0 Å². The van der Waals surface area contributed by atoms with Crippen LogP contribution in [0.5, 0.6) is 0 Å². The monoisotopic (exact) mass is 248 g/mol. The Hall–Kier alpha value is -1.35. The van der Waals surface area contributed by atoms with E-state index in [9.17, 15) is 4.79 Å². The van der Waals surface area contributed by atoms with Crippen LogP contribution < -0.4 is 5.73 Å². The van der Waals surface area contributed by atoms with E-state index in [0.717, 1.165) is 19.5 Å². The van der Waals surface area contributed by atoms with Crippen LogP contribution in [0.1, 0.15) is 25.8 Å². The molecule has 0 spiro atoms. The van der Waals surface area contributed by atoms with E-state index in [1.54, 1.807) is 0 Å². The molecular formula is C15H24N2O. The molecule has 1 heterocycles. The highest BCUT2D eigenvalue weighted by molar-refractivity contribution is 5.83. The van der Waals surface area contributed by atoms with Crippen molar-refractivity contribution in [3.05, 3.63) is 35.9 Å². The highest BCUT2D eigenvalue weighted by Crippen LogP contribution is 2.10. The maximum Gasteiger partial charge on any atom is 0.239 e. The van der Waals surface area contributed by atoms with Gasteiger partial charge in [0, 0.05) is 13.1 Å². The first-order chi connectivity index (χ1) is 8.50. The maximum atomic E-state index is 11.2. The summed E-state index contributed by atoms with van der Waals surface area (Å²) in [6.45, 7) is 8.00. The highest BCUT2D eigenvalue weighted by atomic mass is 16.2. The predicted molar refractivity (Wildman–Crippen MR) is 75.2 cm³/mol. The summed E-state index contributed by atoms with van der Waals surface area (Å²) in [5, 5.41) is 0. The lowest BCUT2D eigenvalue weighted by Gasteiger charge is -2.17. The highest BCUT2D eigenvalue weighted by Gasteiger charge is 2.28. The van der Waals surface area contributed by atoms with Crippen LogP contribution >= 0.6 is 0 Å². The molecule has 3 heteroatoms. The van der Waals surface area contributed by atoms with Crippen molar-refractivity contribution in [1.29, 1.82) is 0 Å². The van der Waals surface area contributed by atoms with Gasteiger partial charge in [-0.1, -0.05) is 49.7 Å². The Kier molecular flexibility index (Phi) is 5.86. The van der Waals surface area contributed by atoms with Crippen LogP contribution in [-0.2, 0) is 4.79 Å². The summed E-state index contributed by atoms with van der Waals surface area (Å²) in [6, 6.07) is 10.0. The van der Waals surface area contributed by atoms with Gasteiger partial charge in [0.25, 0.3) is 0 Å². The van der Waals surface area contributed by atoms with Crippen molar-refractivity contribution in [1.82, 2.24) is 4.90 Å². The zero-order valence-electron chi connectivity index (χ0n) is 11.6. The molecule has 1 aliphatic heterocycles. The smallest absolute Gasteiger partial charge is 0.239 e. The quantitative estimate of drug-likeness (QED) is 0.872. The molecule has 0 aliphatic carbocycles. The zero-order chi connectivity index (χ0) is 13.5. The van der Waals surface area contributed by atoms with Crippen molar-refractivity contribution in [3.8, 4) is 0 Å². The maximum absolute atomic E-state index is 11.2. The first-order valence-corrected chi connectivity index (χ1v) is 6.56. The molecule has 0 bridgehead atoms. The molecule has 1 aliphatic rings. The number of hydrogen-bond donors (Lipinski definition) is 1. The van der Waals surface area contributed by atoms with Crippen molar-refractivity contribution in [2.45, 2.75) is 33.2 Å². The second-order valence-corrected chi connectivity index (χ2v) is 5.23. The molecule has 1 amide bonds. The number of carbonyl (C=O) groups is 1. The Labute approximate surface area is 110 Å². The van der Waals surface area contributed by atoms with E-state index in [0.29, 0.717) is 5.92 Å². The Morgan fingerprint density at radius 2 is 1.94 bits per heavy atom. The van der Waals surface area contributed by atoms with Gasteiger partial charge in [0.05, 0.1) is 6.04 Å². The number of nitrogens with zero attached hydrogens (tertiary/aromatic N) is 1. The summed E-state index contributed by atoms with van der Waals surface area (Å²) < 4.78 is 0. The average molecular weight is 248 g/mol. The fraction of sp³-hybridized carbons (Fsp3) is 0.533. The summed E-state index contributed by atoms with van der Waals surface area (Å²) in [5.74, 6) is 0.669. The number of rotatable bonds is 2. The summed E-state index contributed by atoms with van der Waals surface area (Å²) in [6.07, 6.45) is 0.825. The van der Waals surface area contributed by atoms with Crippen LogP contribution in [0.4, 0.5) is 0 Å². The largest absolute Gasteiger partial charge is 0.341 e. The second kappa shape index (κ2) is 7.17. The fourth-order valence-electron chi connectivity index (χ4n) is 1.92. The molecule has 0 saturated carbocycles. The Balaban J connectivity index is 0.000000199. The number of hydrogen-bond acceptors (Lipinski definition) is 2. The minimum Gasteiger partial charge on any atom is -0.341 e. The molecule has 1 fully saturated rings. The summed E-state index contributed by atoms with van der Waals surface area (Å²) >= 11 is 0. The zero-order valence-corrected chi connectivity index (χ0v) is 11.6. The number of aryl methyl sites for hydroxylation is 1. The molecule has 18 heavy (non-hydrogen) atoms. The first-order valence-electron chi connectivity index (χ1n) is 6.56. The lowest BCUT2D eigenvalue weighted by Crippen LogP contribution is -2.35. The van der Waals surface area contributed by atoms with Gasteiger partial charge in [0.15, 0.2) is 0 Å². The standard InChI is InChI=1S/C8H16N2O.C7H8/c1-6(2)5-10-4-3-7(9)8(10)11;1-7-5-3-2-4-6-7/h6-7H,3-5,9H2,1-2H3;2-6H,1H3. The topological polar surface area (TPSA) is 46.3 Å². The Morgan fingerprint density at radius 1 is 1.33 bits per heavy atom. The van der Waals surface area contributed by atoms with Gasteiger partial charge in [-0.2, -0.15) is 0 Å². The summed E-state index contributed by atoms with van der Waals surface area (Å²) in [5.41, 5.74) is 6.87. The molecule has 3 nitrogen and oxygen atoms in total. The lowest BCUT2D eigenvalue weighted by molar-refractivity contribution is -0.129. The van der Waals surface area contributed by atoms with E-state index < -0.39 is 0 Å². The normalized spacial score (nSPS) is 18.8. The number of nitrogens with two attached hydrogens (primary N) is 1.